The molecule has 0 saturated carbocycles. The van der Waals surface area contributed by atoms with Gasteiger partial charge in [0.25, 0.3) is 5.56 Å². The molecule has 47 heavy (non-hydrogen) atoms. The van der Waals surface area contributed by atoms with Crippen molar-refractivity contribution in [3.05, 3.63) is 134 Å². The van der Waals surface area contributed by atoms with Gasteiger partial charge in [0.05, 0.1) is 41.8 Å². The summed E-state index contributed by atoms with van der Waals surface area (Å²) in [7, 11) is 3.17. The van der Waals surface area contributed by atoms with E-state index < -0.39 is 12.0 Å². The highest BCUT2D eigenvalue weighted by Gasteiger charge is 2.33. The Morgan fingerprint density at radius 1 is 1.04 bits per heavy atom. The molecule has 3 heterocycles. The number of carbonyl (C=O) groups excluding carboxylic acids is 1. The molecule has 0 bridgehead atoms. The van der Waals surface area contributed by atoms with Crippen molar-refractivity contribution >= 4 is 35.1 Å². The third-order valence-corrected chi connectivity index (χ3v) is 9.44. The molecule has 1 aliphatic rings. The summed E-state index contributed by atoms with van der Waals surface area (Å²) in [4.78, 5) is 34.0. The Bertz CT molecular complexity index is 2180. The lowest BCUT2D eigenvalue weighted by molar-refractivity contribution is -0.138. The van der Waals surface area contributed by atoms with Crippen molar-refractivity contribution in [2.24, 2.45) is 4.99 Å². The number of esters is 1. The van der Waals surface area contributed by atoms with E-state index in [-0.39, 0.29) is 12.2 Å². The van der Waals surface area contributed by atoms with Crippen molar-refractivity contribution < 1.29 is 19.0 Å². The van der Waals surface area contributed by atoms with Gasteiger partial charge in [0.2, 0.25) is 0 Å². The zero-order chi connectivity index (χ0) is 33.1. The second-order valence-corrected chi connectivity index (χ2v) is 12.4. The SMILES string of the molecule is C=CCOC(=O)C1=C(C)N=c2sc(=Cc3cn(-c4ccccc4)nc3-c3ccc(OC)c(OC)c3)c(=O)n2C1c1ccc(SC)cc1. The Kier molecular flexibility index (Phi) is 9.28. The number of thiazole rings is 1. The molecule has 2 aromatic heterocycles. The van der Waals surface area contributed by atoms with Crippen LogP contribution in [0.3, 0.4) is 0 Å². The molecule has 5 aromatic rings. The van der Waals surface area contributed by atoms with Gasteiger partial charge in [0.1, 0.15) is 12.3 Å². The van der Waals surface area contributed by atoms with Crippen molar-refractivity contribution in [2.45, 2.75) is 17.9 Å². The Balaban J connectivity index is 1.55. The monoisotopic (exact) mass is 664 g/mol. The van der Waals surface area contributed by atoms with Gasteiger partial charge in [-0.25, -0.2) is 14.5 Å². The number of methoxy groups -OCH3 is 2. The van der Waals surface area contributed by atoms with E-state index in [0.29, 0.717) is 43.4 Å². The first kappa shape index (κ1) is 31.8. The van der Waals surface area contributed by atoms with Crippen LogP contribution in [0.5, 0.6) is 11.5 Å². The Morgan fingerprint density at radius 2 is 1.79 bits per heavy atom. The van der Waals surface area contributed by atoms with Crippen LogP contribution in [0.15, 0.2) is 118 Å². The van der Waals surface area contributed by atoms with E-state index in [1.165, 1.54) is 17.4 Å². The van der Waals surface area contributed by atoms with Gasteiger partial charge in [-0.2, -0.15) is 5.10 Å². The van der Waals surface area contributed by atoms with Gasteiger partial charge < -0.3 is 14.2 Å². The van der Waals surface area contributed by atoms with E-state index in [4.69, 9.17) is 24.3 Å². The van der Waals surface area contributed by atoms with Crippen LogP contribution in [0.25, 0.3) is 23.0 Å². The molecule has 0 radical (unpaired) electrons. The molecule has 3 aromatic carbocycles. The average molecular weight is 665 g/mol. The lowest BCUT2D eigenvalue weighted by atomic mass is 9.96. The lowest BCUT2D eigenvalue weighted by Crippen LogP contribution is -2.39. The van der Waals surface area contributed by atoms with E-state index in [1.54, 1.807) is 42.2 Å². The van der Waals surface area contributed by atoms with E-state index in [9.17, 15) is 9.59 Å². The molecule has 0 saturated heterocycles. The second kappa shape index (κ2) is 13.7. The van der Waals surface area contributed by atoms with Crippen molar-refractivity contribution in [1.82, 2.24) is 14.3 Å². The molecule has 1 atom stereocenters. The predicted octanol–water partition coefficient (Wildman–Crippen LogP) is 5.56. The number of fused-ring (bicyclic) bond motifs is 1. The maximum Gasteiger partial charge on any atom is 0.338 e. The zero-order valence-electron chi connectivity index (χ0n) is 26.3. The number of ether oxygens (including phenoxy) is 3. The van der Waals surface area contributed by atoms with E-state index in [2.05, 4.69) is 6.58 Å². The summed E-state index contributed by atoms with van der Waals surface area (Å²) in [5.41, 5.74) is 4.31. The Morgan fingerprint density at radius 3 is 2.47 bits per heavy atom. The van der Waals surface area contributed by atoms with Crippen molar-refractivity contribution in [1.29, 1.82) is 0 Å². The van der Waals surface area contributed by atoms with Gasteiger partial charge in [-0.15, -0.1) is 11.8 Å². The number of thioether (sulfide) groups is 1. The van der Waals surface area contributed by atoms with Crippen LogP contribution >= 0.6 is 23.1 Å². The van der Waals surface area contributed by atoms with Crippen molar-refractivity contribution in [3.8, 4) is 28.4 Å². The van der Waals surface area contributed by atoms with Crippen LogP contribution in [0.2, 0.25) is 0 Å². The summed E-state index contributed by atoms with van der Waals surface area (Å²) in [6, 6.07) is 22.4. The van der Waals surface area contributed by atoms with Crippen molar-refractivity contribution in [2.75, 3.05) is 27.1 Å². The topological polar surface area (TPSA) is 96.9 Å². The molecule has 11 heteroatoms. The van der Waals surface area contributed by atoms with Crippen LogP contribution in [-0.4, -0.2) is 47.4 Å². The Labute approximate surface area is 279 Å². The molecule has 1 aliphatic heterocycles. The third-order valence-electron chi connectivity index (χ3n) is 7.71. The first-order valence-corrected chi connectivity index (χ1v) is 16.7. The quantitative estimate of drug-likeness (QED) is 0.110. The summed E-state index contributed by atoms with van der Waals surface area (Å²) >= 11 is 2.87. The maximum atomic E-state index is 14.3. The fourth-order valence-electron chi connectivity index (χ4n) is 5.45. The fraction of sp³-hybridized carbons (Fsp3) is 0.167. The fourth-order valence-corrected chi connectivity index (χ4v) is 6.90. The average Bonchev–Trinajstić information content (AvgIpc) is 3.66. The highest BCUT2D eigenvalue weighted by molar-refractivity contribution is 7.98. The van der Waals surface area contributed by atoms with Crippen LogP contribution in [0.4, 0.5) is 0 Å². The second-order valence-electron chi connectivity index (χ2n) is 10.5. The van der Waals surface area contributed by atoms with Crippen molar-refractivity contribution in [3.63, 3.8) is 0 Å². The highest BCUT2D eigenvalue weighted by Crippen LogP contribution is 2.34. The van der Waals surface area contributed by atoms with Crippen LogP contribution in [0, 0.1) is 0 Å². The number of benzene rings is 3. The molecule has 0 aliphatic carbocycles. The third kappa shape index (κ3) is 6.19. The molecular weight excluding hydrogens is 633 g/mol. The van der Waals surface area contributed by atoms with Gasteiger partial charge in [0, 0.05) is 22.2 Å². The number of aromatic nitrogens is 3. The number of hydrogen-bond acceptors (Lipinski definition) is 9. The summed E-state index contributed by atoms with van der Waals surface area (Å²) in [5, 5.41) is 4.93. The molecule has 9 nitrogen and oxygen atoms in total. The van der Waals surface area contributed by atoms with Gasteiger partial charge in [-0.05, 0) is 67.3 Å². The minimum Gasteiger partial charge on any atom is -0.493 e. The lowest BCUT2D eigenvalue weighted by Gasteiger charge is -2.24. The number of rotatable bonds is 10. The highest BCUT2D eigenvalue weighted by atomic mass is 32.2. The number of hydrogen-bond donors (Lipinski definition) is 0. The van der Waals surface area contributed by atoms with Crippen LogP contribution in [-0.2, 0) is 9.53 Å². The normalized spacial score (nSPS) is 14.4. The summed E-state index contributed by atoms with van der Waals surface area (Å²) in [6.45, 7) is 5.47. The van der Waals surface area contributed by atoms with Gasteiger partial charge in [-0.1, -0.05) is 54.3 Å². The molecule has 0 amide bonds. The predicted molar refractivity (Wildman–Crippen MR) is 185 cm³/mol. The standard InChI is InChI=1S/C36H32N4O5S2/c1-6-18-45-35(42)31-22(2)37-36-40(33(31)23-12-15-27(46-5)16-13-23)34(41)30(47-36)20-25-21-39(26-10-8-7-9-11-26)38-32(25)24-14-17-28(43-3)29(19-24)44-4/h6-17,19-21,33H,1,18H2,2-5H3. The first-order valence-electron chi connectivity index (χ1n) is 14.7. The summed E-state index contributed by atoms with van der Waals surface area (Å²) < 4.78 is 20.3. The van der Waals surface area contributed by atoms with Gasteiger partial charge >= 0.3 is 5.97 Å². The molecule has 238 valence electrons. The zero-order valence-corrected chi connectivity index (χ0v) is 27.9. The minimum absolute atomic E-state index is 0.0441. The van der Waals surface area contributed by atoms with Crippen LogP contribution in [0.1, 0.15) is 24.1 Å². The molecule has 6 rings (SSSR count). The molecule has 0 spiro atoms. The summed E-state index contributed by atoms with van der Waals surface area (Å²) in [5.74, 6) is 0.611. The number of carbonyl (C=O) groups is 1. The molecule has 0 N–H and O–H groups in total. The smallest absolute Gasteiger partial charge is 0.338 e. The van der Waals surface area contributed by atoms with E-state index >= 15 is 0 Å². The molecule has 1 unspecified atom stereocenters. The molecule has 0 fully saturated rings. The molecular formula is C36H32N4O5S2. The van der Waals surface area contributed by atoms with Crippen LogP contribution < -0.4 is 24.4 Å². The first-order chi connectivity index (χ1) is 22.9. The van der Waals surface area contributed by atoms with E-state index in [1.807, 2.05) is 91.3 Å². The van der Waals surface area contributed by atoms with E-state index in [0.717, 1.165) is 21.7 Å². The largest absolute Gasteiger partial charge is 0.493 e. The van der Waals surface area contributed by atoms with Gasteiger partial charge in [-0.3, -0.25) is 9.36 Å². The summed E-state index contributed by atoms with van der Waals surface area (Å²) in [6.07, 6.45) is 7.22. The minimum atomic E-state index is -0.723. The maximum absolute atomic E-state index is 14.3. The Hall–Kier alpha value is -5.13. The number of para-hydroxylation sites is 1. The number of nitrogens with zero attached hydrogens (tertiary/aromatic N) is 4. The number of allylic oxidation sites excluding steroid dienone is 1. The van der Waals surface area contributed by atoms with Gasteiger partial charge in [0.15, 0.2) is 16.3 Å².